The minimum Gasteiger partial charge on any atom is -0.387 e. The summed E-state index contributed by atoms with van der Waals surface area (Å²) in [5, 5.41) is 12.9. The molecule has 2 aromatic carbocycles. The Morgan fingerprint density at radius 1 is 1.07 bits per heavy atom. The zero-order valence-corrected chi connectivity index (χ0v) is 26.3. The number of aromatic nitrogens is 3. The smallest absolute Gasteiger partial charge is 0.204 e. The van der Waals surface area contributed by atoms with Crippen molar-refractivity contribution >= 4 is 30.0 Å². The van der Waals surface area contributed by atoms with E-state index in [1.807, 2.05) is 32.2 Å². The first kappa shape index (κ1) is 33.3. The number of anilines is 1. The van der Waals surface area contributed by atoms with Crippen LogP contribution in [0.5, 0.6) is 0 Å². The first-order chi connectivity index (χ1) is 20.4. The van der Waals surface area contributed by atoms with Gasteiger partial charge in [-0.25, -0.2) is 4.68 Å². The average molecular weight is 594 g/mol. The third-order valence-electron chi connectivity index (χ3n) is 8.52. The van der Waals surface area contributed by atoms with E-state index in [1.54, 1.807) is 0 Å². The third kappa shape index (κ3) is 9.41. The summed E-state index contributed by atoms with van der Waals surface area (Å²) < 4.78 is 2.06. The molecule has 1 heterocycles. The highest BCUT2D eigenvalue weighted by molar-refractivity contribution is 6.33. The lowest BCUT2D eigenvalue weighted by atomic mass is 9.79. The largest absolute Gasteiger partial charge is 0.387 e. The highest BCUT2D eigenvalue weighted by Gasteiger charge is 2.31. The summed E-state index contributed by atoms with van der Waals surface area (Å²) in [6, 6.07) is 14.9. The van der Waals surface area contributed by atoms with Crippen LogP contribution < -0.4 is 11.1 Å². The minimum absolute atomic E-state index is 0.201. The number of amides is 1. The average Bonchev–Trinajstić information content (AvgIpc) is 3.63. The van der Waals surface area contributed by atoms with E-state index in [2.05, 4.69) is 57.2 Å². The molecule has 0 bridgehead atoms. The van der Waals surface area contributed by atoms with E-state index in [0.29, 0.717) is 12.3 Å². The van der Waals surface area contributed by atoms with Gasteiger partial charge in [0.2, 0.25) is 6.41 Å². The maximum Gasteiger partial charge on any atom is 0.204 e. The van der Waals surface area contributed by atoms with Crippen molar-refractivity contribution in [2.45, 2.75) is 103 Å². The number of benzene rings is 2. The van der Waals surface area contributed by atoms with Crippen LogP contribution in [0.4, 0.5) is 5.69 Å². The van der Waals surface area contributed by atoms with Gasteiger partial charge in [0.15, 0.2) is 0 Å². The van der Waals surface area contributed by atoms with Gasteiger partial charge in [0.05, 0.1) is 27.8 Å². The zero-order chi connectivity index (χ0) is 30.3. The predicted octanol–water partition coefficient (Wildman–Crippen LogP) is 7.92. The minimum atomic E-state index is 0.201. The Morgan fingerprint density at radius 3 is 2.31 bits per heavy atom. The van der Waals surface area contributed by atoms with Crippen molar-refractivity contribution in [3.05, 3.63) is 70.0 Å². The van der Waals surface area contributed by atoms with Crippen LogP contribution in [0.15, 0.2) is 42.5 Å². The van der Waals surface area contributed by atoms with Gasteiger partial charge in [0.1, 0.15) is 6.29 Å². The fraction of sp³-hybridized carbons (Fsp3) is 0.529. The Morgan fingerprint density at radius 2 is 1.76 bits per heavy atom. The van der Waals surface area contributed by atoms with Gasteiger partial charge in [-0.15, -0.1) is 5.10 Å². The molecule has 3 aromatic rings. The van der Waals surface area contributed by atoms with Crippen LogP contribution in [-0.2, 0) is 16.0 Å². The summed E-state index contributed by atoms with van der Waals surface area (Å²) in [7, 11) is 1.86. The molecule has 5 rings (SSSR count). The highest BCUT2D eigenvalue weighted by atomic mass is 35.5. The molecule has 2 saturated carbocycles. The first-order valence-electron chi connectivity index (χ1n) is 15.5. The van der Waals surface area contributed by atoms with Crippen molar-refractivity contribution in [3.63, 3.8) is 0 Å². The molecule has 0 saturated heterocycles. The van der Waals surface area contributed by atoms with Gasteiger partial charge in [0, 0.05) is 25.3 Å². The van der Waals surface area contributed by atoms with Crippen molar-refractivity contribution in [1.29, 1.82) is 0 Å². The number of aldehydes is 1. The summed E-state index contributed by atoms with van der Waals surface area (Å²) in [4.78, 5) is 19.8. The zero-order valence-electron chi connectivity index (χ0n) is 25.5. The number of nitrogens with one attached hydrogen (secondary N) is 1. The number of hydrogen-bond donors (Lipinski definition) is 2. The lowest BCUT2D eigenvalue weighted by Crippen LogP contribution is -2.17. The number of aryl methyl sites for hydroxylation is 2. The Bertz CT molecular complexity index is 1230. The molecule has 2 aliphatic carbocycles. The molecule has 0 aliphatic heterocycles. The molecule has 0 radical (unpaired) electrons. The normalized spacial score (nSPS) is 15.4. The molecular weight excluding hydrogens is 546 g/mol. The van der Waals surface area contributed by atoms with E-state index < -0.39 is 0 Å². The molecule has 42 heavy (non-hydrogen) atoms. The molecule has 0 spiro atoms. The van der Waals surface area contributed by atoms with Gasteiger partial charge in [-0.3, -0.25) is 4.79 Å². The standard InChI is InChI=1S/C25H35N3O.C8H10ClN.CH3NO/c1-2-6-21(17-18-29)24-25(22-9-5-10-22)28(27-26-24)23-15-13-20(14-16-23)12-11-19-7-3-4-8-19;1-6-3-4-8(10-2)7(9)5-6;2-1-3/h13-16,18-19,21-22H,2-12,17H2,1H3;3-5,10H,1-2H3;1H,(H2,2,3)/t21-;;/m0../s1. The lowest BCUT2D eigenvalue weighted by Gasteiger charge is -2.28. The predicted molar refractivity (Wildman–Crippen MR) is 173 cm³/mol. The Labute approximate surface area is 256 Å². The van der Waals surface area contributed by atoms with E-state index in [-0.39, 0.29) is 12.3 Å². The van der Waals surface area contributed by atoms with Crippen molar-refractivity contribution < 1.29 is 9.59 Å². The van der Waals surface area contributed by atoms with Crippen LogP contribution in [0.25, 0.3) is 5.69 Å². The molecule has 228 valence electrons. The van der Waals surface area contributed by atoms with E-state index in [9.17, 15) is 4.79 Å². The molecule has 1 atom stereocenters. The number of hydrogen-bond acceptors (Lipinski definition) is 5. The van der Waals surface area contributed by atoms with Crippen LogP contribution in [0, 0.1) is 12.8 Å². The lowest BCUT2D eigenvalue weighted by molar-refractivity contribution is -0.108. The second kappa shape index (κ2) is 17.7. The third-order valence-corrected chi connectivity index (χ3v) is 8.83. The molecule has 1 aromatic heterocycles. The number of rotatable bonds is 11. The topological polar surface area (TPSA) is 103 Å². The summed E-state index contributed by atoms with van der Waals surface area (Å²) >= 11 is 5.87. The maximum atomic E-state index is 11.2. The molecule has 3 N–H and O–H groups in total. The SMILES string of the molecule is CCC[C@@H](CC=O)c1nnn(-c2ccc(CCC3CCCC3)cc2)c1C1CCC1.CNc1ccc(C)cc1Cl.NC=O. The Balaban J connectivity index is 0.000000311. The van der Waals surface area contributed by atoms with Crippen molar-refractivity contribution in [1.82, 2.24) is 15.0 Å². The Kier molecular flexibility index (Phi) is 14.0. The molecule has 1 amide bonds. The fourth-order valence-corrected chi connectivity index (χ4v) is 6.30. The van der Waals surface area contributed by atoms with Gasteiger partial charge in [-0.1, -0.05) is 80.5 Å². The van der Waals surface area contributed by atoms with Crippen LogP contribution in [0.2, 0.25) is 5.02 Å². The van der Waals surface area contributed by atoms with Crippen molar-refractivity contribution in [2.24, 2.45) is 11.7 Å². The van der Waals surface area contributed by atoms with Gasteiger partial charge in [-0.2, -0.15) is 0 Å². The van der Waals surface area contributed by atoms with Gasteiger partial charge < -0.3 is 15.8 Å². The molecule has 0 unspecified atom stereocenters. The molecule has 8 heteroatoms. The summed E-state index contributed by atoms with van der Waals surface area (Å²) in [6.07, 6.45) is 15.8. The van der Waals surface area contributed by atoms with Crippen LogP contribution in [0.1, 0.15) is 112 Å². The maximum absolute atomic E-state index is 11.2. The number of halogens is 1. The number of primary amides is 1. The van der Waals surface area contributed by atoms with E-state index in [1.165, 1.54) is 74.6 Å². The first-order valence-corrected chi connectivity index (χ1v) is 15.9. The van der Waals surface area contributed by atoms with E-state index in [0.717, 1.165) is 47.1 Å². The molecule has 2 aliphatic rings. The van der Waals surface area contributed by atoms with Gasteiger partial charge in [-0.05, 0) is 80.3 Å². The second-order valence-electron chi connectivity index (χ2n) is 11.5. The monoisotopic (exact) mass is 593 g/mol. The highest BCUT2D eigenvalue weighted by Crippen LogP contribution is 2.41. The molecule has 2 fully saturated rings. The quantitative estimate of drug-likeness (QED) is 0.220. The molecular formula is C34H48ClN5O2. The number of nitrogens with two attached hydrogens (primary N) is 1. The van der Waals surface area contributed by atoms with E-state index >= 15 is 0 Å². The number of nitrogens with zero attached hydrogens (tertiary/aromatic N) is 3. The summed E-state index contributed by atoms with van der Waals surface area (Å²) in [5.74, 6) is 1.67. The Hall–Kier alpha value is -3.19. The summed E-state index contributed by atoms with van der Waals surface area (Å²) in [6.45, 7) is 4.20. The second-order valence-corrected chi connectivity index (χ2v) is 11.9. The van der Waals surface area contributed by atoms with Gasteiger partial charge in [0.25, 0.3) is 0 Å². The number of carbonyl (C=O) groups excluding carboxylic acids is 2. The van der Waals surface area contributed by atoms with Crippen molar-refractivity contribution in [2.75, 3.05) is 12.4 Å². The fourth-order valence-electron chi connectivity index (χ4n) is 5.97. The van der Waals surface area contributed by atoms with Crippen LogP contribution in [0.3, 0.4) is 0 Å². The van der Waals surface area contributed by atoms with Crippen LogP contribution in [-0.4, -0.2) is 34.7 Å². The summed E-state index contributed by atoms with van der Waals surface area (Å²) in [5.41, 5.74) is 11.2. The van der Waals surface area contributed by atoms with E-state index in [4.69, 9.17) is 16.4 Å². The molecule has 7 nitrogen and oxygen atoms in total. The number of carbonyl (C=O) groups is 2. The van der Waals surface area contributed by atoms with Gasteiger partial charge >= 0.3 is 0 Å². The van der Waals surface area contributed by atoms with Crippen LogP contribution >= 0.6 is 11.6 Å². The van der Waals surface area contributed by atoms with Crippen molar-refractivity contribution in [3.8, 4) is 5.69 Å².